The summed E-state index contributed by atoms with van der Waals surface area (Å²) in [6.07, 6.45) is 1.79. The van der Waals surface area contributed by atoms with E-state index in [0.717, 1.165) is 31.5 Å². The van der Waals surface area contributed by atoms with Crippen LogP contribution in [-0.4, -0.2) is 6.21 Å². The maximum absolute atomic E-state index is 6.10. The lowest BCUT2D eigenvalue weighted by atomic mass is 10.2. The second-order valence-corrected chi connectivity index (χ2v) is 7.48. The Labute approximate surface area is 168 Å². The predicted molar refractivity (Wildman–Crippen MR) is 111 cm³/mol. The predicted octanol–water partition coefficient (Wildman–Crippen LogP) is 7.19. The summed E-state index contributed by atoms with van der Waals surface area (Å²) in [6.45, 7) is 0.501. The summed E-state index contributed by atoms with van der Waals surface area (Å²) >= 11 is 13.1. The number of hydrogen-bond acceptors (Lipinski definition) is 2. The molecule has 0 fully saturated rings. The zero-order valence-electron chi connectivity index (χ0n) is 13.1. The molecule has 0 aromatic heterocycles. The highest BCUT2D eigenvalue weighted by atomic mass is 79.9. The Hall–Kier alpha value is -1.62. The van der Waals surface area contributed by atoms with E-state index in [4.69, 9.17) is 16.3 Å². The van der Waals surface area contributed by atoms with Crippen LogP contribution in [0.5, 0.6) is 5.75 Å². The number of rotatable bonds is 5. The Morgan fingerprint density at radius 2 is 1.72 bits per heavy atom. The van der Waals surface area contributed by atoms with Gasteiger partial charge in [-0.15, -0.1) is 0 Å². The molecular formula is C20H14Br2ClNO. The molecule has 0 aliphatic heterocycles. The van der Waals surface area contributed by atoms with Crippen molar-refractivity contribution in [3.8, 4) is 5.75 Å². The van der Waals surface area contributed by atoms with E-state index >= 15 is 0 Å². The summed E-state index contributed by atoms with van der Waals surface area (Å²) < 4.78 is 7.89. The van der Waals surface area contributed by atoms with Gasteiger partial charge in [-0.05, 0) is 54.1 Å². The number of hydrogen-bond donors (Lipinski definition) is 0. The average molecular weight is 480 g/mol. The minimum absolute atomic E-state index is 0.501. The Bertz CT molecular complexity index is 894. The van der Waals surface area contributed by atoms with Gasteiger partial charge in [0, 0.05) is 20.7 Å². The van der Waals surface area contributed by atoms with Crippen LogP contribution in [0.4, 0.5) is 5.69 Å². The molecule has 0 bridgehead atoms. The SMILES string of the molecule is Clc1ccccc1N=Cc1ccc(OCc2ccc(Br)cc2Br)cc1. The second kappa shape index (κ2) is 8.65. The second-order valence-electron chi connectivity index (χ2n) is 5.30. The quantitative estimate of drug-likeness (QED) is 0.355. The molecule has 0 unspecified atom stereocenters. The lowest BCUT2D eigenvalue weighted by Gasteiger charge is -2.08. The van der Waals surface area contributed by atoms with Crippen LogP contribution in [-0.2, 0) is 6.61 Å². The summed E-state index contributed by atoms with van der Waals surface area (Å²) in [5.41, 5.74) is 2.83. The lowest BCUT2D eigenvalue weighted by Crippen LogP contribution is -1.96. The lowest BCUT2D eigenvalue weighted by molar-refractivity contribution is 0.305. The Balaban J connectivity index is 1.63. The minimum atomic E-state index is 0.501. The van der Waals surface area contributed by atoms with Crippen molar-refractivity contribution in [2.45, 2.75) is 6.61 Å². The molecule has 3 rings (SSSR count). The summed E-state index contributed by atoms with van der Waals surface area (Å²) in [7, 11) is 0. The number of halogens is 3. The molecule has 0 atom stereocenters. The number of nitrogens with zero attached hydrogens (tertiary/aromatic N) is 1. The van der Waals surface area contributed by atoms with Crippen molar-refractivity contribution in [3.05, 3.63) is 91.8 Å². The summed E-state index contributed by atoms with van der Waals surface area (Å²) in [5, 5.41) is 0.638. The first-order chi connectivity index (χ1) is 12.1. The van der Waals surface area contributed by atoms with Gasteiger partial charge >= 0.3 is 0 Å². The molecule has 0 aliphatic carbocycles. The molecule has 0 saturated heterocycles. The van der Waals surface area contributed by atoms with Gasteiger partial charge in [0.05, 0.1) is 10.7 Å². The first-order valence-electron chi connectivity index (χ1n) is 7.57. The van der Waals surface area contributed by atoms with Crippen molar-refractivity contribution in [2.24, 2.45) is 4.99 Å². The van der Waals surface area contributed by atoms with Crippen LogP contribution >= 0.6 is 43.5 Å². The molecule has 5 heteroatoms. The van der Waals surface area contributed by atoms with Gasteiger partial charge in [0.15, 0.2) is 0 Å². The topological polar surface area (TPSA) is 21.6 Å². The summed E-state index contributed by atoms with van der Waals surface area (Å²) in [5.74, 6) is 0.810. The fraction of sp³-hybridized carbons (Fsp3) is 0.0500. The van der Waals surface area contributed by atoms with Crippen molar-refractivity contribution >= 4 is 55.4 Å². The summed E-state index contributed by atoms with van der Waals surface area (Å²) in [6, 6.07) is 21.3. The molecule has 0 spiro atoms. The molecule has 25 heavy (non-hydrogen) atoms. The molecule has 0 amide bonds. The van der Waals surface area contributed by atoms with Crippen molar-refractivity contribution in [2.75, 3.05) is 0 Å². The maximum Gasteiger partial charge on any atom is 0.119 e. The van der Waals surface area contributed by atoms with Gasteiger partial charge in [0.2, 0.25) is 0 Å². The van der Waals surface area contributed by atoms with Gasteiger partial charge in [-0.3, -0.25) is 4.99 Å². The van der Waals surface area contributed by atoms with E-state index in [1.165, 1.54) is 0 Å². The van der Waals surface area contributed by atoms with Crippen LogP contribution in [0.2, 0.25) is 5.02 Å². The first kappa shape index (κ1) is 18.2. The smallest absolute Gasteiger partial charge is 0.119 e. The van der Waals surface area contributed by atoms with Crippen LogP contribution < -0.4 is 4.74 Å². The van der Waals surface area contributed by atoms with E-state index in [1.807, 2.05) is 66.7 Å². The Morgan fingerprint density at radius 3 is 2.44 bits per heavy atom. The molecule has 0 aliphatic rings. The standard InChI is InChI=1S/C20H14Br2ClNO/c21-16-8-7-15(18(22)11-16)13-25-17-9-5-14(6-10-17)12-24-20-4-2-1-3-19(20)23/h1-12H,13H2. The third-order valence-electron chi connectivity index (χ3n) is 3.49. The van der Waals surface area contributed by atoms with E-state index in [2.05, 4.69) is 36.9 Å². The number of para-hydroxylation sites is 1. The highest BCUT2D eigenvalue weighted by molar-refractivity contribution is 9.11. The highest BCUT2D eigenvalue weighted by Crippen LogP contribution is 2.25. The normalized spacial score (nSPS) is 11.0. The molecule has 0 N–H and O–H groups in total. The first-order valence-corrected chi connectivity index (χ1v) is 9.53. The van der Waals surface area contributed by atoms with Gasteiger partial charge in [0.25, 0.3) is 0 Å². The molecule has 0 heterocycles. The molecule has 2 nitrogen and oxygen atoms in total. The Morgan fingerprint density at radius 1 is 0.960 bits per heavy atom. The van der Waals surface area contributed by atoms with Crippen LogP contribution in [0.1, 0.15) is 11.1 Å². The van der Waals surface area contributed by atoms with Crippen LogP contribution in [0, 0.1) is 0 Å². The molecule has 0 radical (unpaired) electrons. The summed E-state index contributed by atoms with van der Waals surface area (Å²) in [4.78, 5) is 4.41. The average Bonchev–Trinajstić information content (AvgIpc) is 2.61. The van der Waals surface area contributed by atoms with Crippen molar-refractivity contribution < 1.29 is 4.74 Å². The highest BCUT2D eigenvalue weighted by Gasteiger charge is 2.02. The van der Waals surface area contributed by atoms with Gasteiger partial charge < -0.3 is 4.74 Å². The maximum atomic E-state index is 6.10. The van der Waals surface area contributed by atoms with Gasteiger partial charge in [-0.25, -0.2) is 0 Å². The van der Waals surface area contributed by atoms with Crippen molar-refractivity contribution in [1.82, 2.24) is 0 Å². The van der Waals surface area contributed by atoms with Crippen LogP contribution in [0.3, 0.4) is 0 Å². The third kappa shape index (κ3) is 5.18. The van der Waals surface area contributed by atoms with E-state index in [-0.39, 0.29) is 0 Å². The zero-order chi connectivity index (χ0) is 17.6. The van der Waals surface area contributed by atoms with Crippen molar-refractivity contribution in [3.63, 3.8) is 0 Å². The minimum Gasteiger partial charge on any atom is -0.489 e. The van der Waals surface area contributed by atoms with Gasteiger partial charge in [0.1, 0.15) is 12.4 Å². The largest absolute Gasteiger partial charge is 0.489 e. The van der Waals surface area contributed by atoms with Crippen LogP contribution in [0.15, 0.2) is 80.7 Å². The number of benzene rings is 3. The monoisotopic (exact) mass is 477 g/mol. The fourth-order valence-corrected chi connectivity index (χ4v) is 3.50. The fourth-order valence-electron chi connectivity index (χ4n) is 2.15. The van der Waals surface area contributed by atoms with Crippen LogP contribution in [0.25, 0.3) is 0 Å². The van der Waals surface area contributed by atoms with Gasteiger partial charge in [-0.2, -0.15) is 0 Å². The number of aliphatic imine (C=N–C) groups is 1. The Kier molecular flexibility index (Phi) is 6.29. The van der Waals surface area contributed by atoms with Crippen molar-refractivity contribution in [1.29, 1.82) is 0 Å². The van der Waals surface area contributed by atoms with E-state index in [9.17, 15) is 0 Å². The number of ether oxygens (including phenoxy) is 1. The van der Waals surface area contributed by atoms with E-state index in [0.29, 0.717) is 11.6 Å². The van der Waals surface area contributed by atoms with E-state index < -0.39 is 0 Å². The zero-order valence-corrected chi connectivity index (χ0v) is 17.1. The molecule has 0 saturated carbocycles. The molecule has 3 aromatic carbocycles. The molecule has 126 valence electrons. The molecule has 3 aromatic rings. The van der Waals surface area contributed by atoms with E-state index in [1.54, 1.807) is 6.21 Å². The molecular weight excluding hydrogens is 465 g/mol. The van der Waals surface area contributed by atoms with Gasteiger partial charge in [-0.1, -0.05) is 61.7 Å². The third-order valence-corrected chi connectivity index (χ3v) is 5.05.